The molecule has 0 aromatic heterocycles. The Morgan fingerprint density at radius 3 is 2.33 bits per heavy atom. The minimum atomic E-state index is -0.441. The van der Waals surface area contributed by atoms with E-state index in [2.05, 4.69) is 5.32 Å². The topological polar surface area (TPSA) is 30.5 Å². The zero-order chi connectivity index (χ0) is 17.4. The maximum absolute atomic E-state index is 14.2. The van der Waals surface area contributed by atoms with Crippen molar-refractivity contribution in [1.82, 2.24) is 5.32 Å². The zero-order valence-electron chi connectivity index (χ0n) is 15.3. The lowest BCUT2D eigenvalue weighted by atomic mass is 9.78. The Morgan fingerprint density at radius 1 is 1.08 bits per heavy atom. The van der Waals surface area contributed by atoms with E-state index in [4.69, 9.17) is 9.31 Å². The van der Waals surface area contributed by atoms with Gasteiger partial charge in [-0.25, -0.2) is 4.39 Å². The molecule has 24 heavy (non-hydrogen) atoms. The van der Waals surface area contributed by atoms with Crippen LogP contribution in [0.5, 0.6) is 0 Å². The van der Waals surface area contributed by atoms with Crippen LogP contribution < -0.4 is 10.8 Å². The van der Waals surface area contributed by atoms with Gasteiger partial charge in [0, 0.05) is 18.2 Å². The first-order valence-electron chi connectivity index (χ1n) is 9.16. The first-order chi connectivity index (χ1) is 11.3. The van der Waals surface area contributed by atoms with E-state index in [1.165, 1.54) is 38.2 Å². The molecule has 5 heteroatoms. The molecular weight excluding hydrogens is 304 g/mol. The second-order valence-corrected chi connectivity index (χ2v) is 8.15. The Kier molecular flexibility index (Phi) is 5.05. The van der Waals surface area contributed by atoms with E-state index in [0.717, 1.165) is 5.46 Å². The van der Waals surface area contributed by atoms with Gasteiger partial charge in [-0.05, 0) is 52.1 Å². The average molecular weight is 333 g/mol. The predicted octanol–water partition coefficient (Wildman–Crippen LogP) is 3.55. The molecular formula is C19H29BFNO2. The lowest BCUT2D eigenvalue weighted by molar-refractivity contribution is 0.00578. The molecule has 3 rings (SSSR count). The molecule has 132 valence electrons. The fraction of sp³-hybridized carbons (Fsp3) is 0.684. The van der Waals surface area contributed by atoms with Gasteiger partial charge in [-0.15, -0.1) is 0 Å². The second kappa shape index (κ2) is 6.78. The summed E-state index contributed by atoms with van der Waals surface area (Å²) < 4.78 is 26.3. The summed E-state index contributed by atoms with van der Waals surface area (Å²) in [5.41, 5.74) is 0.808. The van der Waals surface area contributed by atoms with Crippen LogP contribution in [-0.2, 0) is 15.9 Å². The SMILES string of the molecule is CC1(C)OB(c2ccc(F)c(CNC3CCCCC3)c2)OC1(C)C. The van der Waals surface area contributed by atoms with Crippen LogP contribution in [0.3, 0.4) is 0 Å². The Morgan fingerprint density at radius 2 is 1.71 bits per heavy atom. The largest absolute Gasteiger partial charge is 0.494 e. The van der Waals surface area contributed by atoms with Crippen LogP contribution in [0, 0.1) is 5.82 Å². The molecule has 1 N–H and O–H groups in total. The summed E-state index contributed by atoms with van der Waals surface area (Å²) in [6, 6.07) is 5.69. The van der Waals surface area contributed by atoms with Crippen molar-refractivity contribution >= 4 is 12.6 Å². The van der Waals surface area contributed by atoms with Crippen molar-refractivity contribution < 1.29 is 13.7 Å². The third-order valence-electron chi connectivity index (χ3n) is 5.78. The maximum atomic E-state index is 14.2. The van der Waals surface area contributed by atoms with Gasteiger partial charge in [0.25, 0.3) is 0 Å². The van der Waals surface area contributed by atoms with Gasteiger partial charge >= 0.3 is 7.12 Å². The molecule has 0 atom stereocenters. The lowest BCUT2D eigenvalue weighted by Crippen LogP contribution is -2.41. The van der Waals surface area contributed by atoms with Crippen LogP contribution >= 0.6 is 0 Å². The molecule has 2 fully saturated rings. The number of nitrogens with one attached hydrogen (secondary N) is 1. The van der Waals surface area contributed by atoms with Crippen LogP contribution in [-0.4, -0.2) is 24.4 Å². The number of benzene rings is 1. The van der Waals surface area contributed by atoms with Gasteiger partial charge in [0.2, 0.25) is 0 Å². The van der Waals surface area contributed by atoms with E-state index in [-0.39, 0.29) is 17.0 Å². The van der Waals surface area contributed by atoms with Crippen LogP contribution in [0.25, 0.3) is 0 Å². The van der Waals surface area contributed by atoms with Crippen LogP contribution in [0.2, 0.25) is 0 Å². The quantitative estimate of drug-likeness (QED) is 0.855. The fourth-order valence-corrected chi connectivity index (χ4v) is 3.42. The van der Waals surface area contributed by atoms with Gasteiger partial charge in [-0.2, -0.15) is 0 Å². The van der Waals surface area contributed by atoms with E-state index in [9.17, 15) is 4.39 Å². The number of hydrogen-bond acceptors (Lipinski definition) is 3. The van der Waals surface area contributed by atoms with Crippen molar-refractivity contribution in [2.24, 2.45) is 0 Å². The molecule has 1 aliphatic heterocycles. The summed E-state index contributed by atoms with van der Waals surface area (Å²) in [6.07, 6.45) is 6.25. The van der Waals surface area contributed by atoms with Gasteiger partial charge in [0.05, 0.1) is 11.2 Å². The molecule has 1 aliphatic carbocycles. The van der Waals surface area contributed by atoms with Crippen molar-refractivity contribution in [3.8, 4) is 0 Å². The Hall–Kier alpha value is -0.905. The molecule has 0 radical (unpaired) electrons. The molecule has 1 saturated heterocycles. The molecule has 0 unspecified atom stereocenters. The second-order valence-electron chi connectivity index (χ2n) is 8.15. The highest BCUT2D eigenvalue weighted by molar-refractivity contribution is 6.62. The third-order valence-corrected chi connectivity index (χ3v) is 5.78. The van der Waals surface area contributed by atoms with Gasteiger partial charge in [-0.3, -0.25) is 0 Å². The van der Waals surface area contributed by atoms with Gasteiger partial charge < -0.3 is 14.6 Å². The molecule has 1 heterocycles. The van der Waals surface area contributed by atoms with E-state index in [1.54, 1.807) is 6.07 Å². The van der Waals surface area contributed by atoms with E-state index in [0.29, 0.717) is 18.2 Å². The highest BCUT2D eigenvalue weighted by Gasteiger charge is 2.51. The molecule has 1 aromatic carbocycles. The molecule has 1 saturated carbocycles. The van der Waals surface area contributed by atoms with E-state index in [1.807, 2.05) is 33.8 Å². The smallest absolute Gasteiger partial charge is 0.399 e. The minimum absolute atomic E-state index is 0.168. The monoisotopic (exact) mass is 333 g/mol. The normalized spacial score (nSPS) is 23.6. The summed E-state index contributed by atoms with van der Waals surface area (Å²) in [7, 11) is -0.441. The molecule has 1 aromatic rings. The molecule has 3 nitrogen and oxygen atoms in total. The fourth-order valence-electron chi connectivity index (χ4n) is 3.42. The molecule has 0 bridgehead atoms. The van der Waals surface area contributed by atoms with E-state index < -0.39 is 7.12 Å². The van der Waals surface area contributed by atoms with E-state index >= 15 is 0 Å². The van der Waals surface area contributed by atoms with Gasteiger partial charge in [0.15, 0.2) is 0 Å². The zero-order valence-corrected chi connectivity index (χ0v) is 15.3. The molecule has 0 amide bonds. The lowest BCUT2D eigenvalue weighted by Gasteiger charge is -2.32. The van der Waals surface area contributed by atoms with Crippen LogP contribution in [0.15, 0.2) is 18.2 Å². The number of rotatable bonds is 4. The summed E-state index contributed by atoms with van der Waals surface area (Å²) in [4.78, 5) is 0. The van der Waals surface area contributed by atoms with Crippen molar-refractivity contribution in [2.45, 2.75) is 83.6 Å². The minimum Gasteiger partial charge on any atom is -0.399 e. The number of hydrogen-bond donors (Lipinski definition) is 1. The third kappa shape index (κ3) is 3.68. The molecule has 0 spiro atoms. The highest BCUT2D eigenvalue weighted by Crippen LogP contribution is 2.36. The summed E-state index contributed by atoms with van der Waals surface area (Å²) >= 11 is 0. The summed E-state index contributed by atoms with van der Waals surface area (Å²) in [6.45, 7) is 8.68. The van der Waals surface area contributed by atoms with Gasteiger partial charge in [0.1, 0.15) is 5.82 Å². The Labute approximate surface area is 145 Å². The predicted molar refractivity (Wildman–Crippen MR) is 95.8 cm³/mol. The Bertz CT molecular complexity index is 569. The van der Waals surface area contributed by atoms with Gasteiger partial charge in [-0.1, -0.05) is 31.4 Å². The number of halogens is 1. The highest BCUT2D eigenvalue weighted by atomic mass is 19.1. The summed E-state index contributed by atoms with van der Waals surface area (Å²) in [5.74, 6) is -0.168. The van der Waals surface area contributed by atoms with Crippen molar-refractivity contribution in [3.05, 3.63) is 29.6 Å². The average Bonchev–Trinajstić information content (AvgIpc) is 2.75. The van der Waals surface area contributed by atoms with Crippen LogP contribution in [0.1, 0.15) is 65.4 Å². The van der Waals surface area contributed by atoms with Crippen molar-refractivity contribution in [2.75, 3.05) is 0 Å². The Balaban J connectivity index is 1.70. The first-order valence-corrected chi connectivity index (χ1v) is 9.16. The first kappa shape index (κ1) is 17.9. The van der Waals surface area contributed by atoms with Crippen molar-refractivity contribution in [1.29, 1.82) is 0 Å². The van der Waals surface area contributed by atoms with Crippen molar-refractivity contribution in [3.63, 3.8) is 0 Å². The maximum Gasteiger partial charge on any atom is 0.494 e. The standard InChI is InChI=1S/C19H29BFNO2/c1-18(2)19(3,4)24-20(23-18)15-10-11-17(21)14(12-15)13-22-16-8-6-5-7-9-16/h10-12,16,22H,5-9,13H2,1-4H3. The molecule has 2 aliphatic rings. The summed E-state index contributed by atoms with van der Waals surface area (Å²) in [5, 5.41) is 3.51. The van der Waals surface area contributed by atoms with Crippen LogP contribution in [0.4, 0.5) is 4.39 Å².